The number of hydrogen-bond donors (Lipinski definition) is 1. The molecule has 1 N–H and O–H groups in total. The Hall–Kier alpha value is -1.51. The fraction of sp³-hybridized carbons (Fsp3) is 0.640. The molecule has 1 aromatic rings. The van der Waals surface area contributed by atoms with E-state index in [1.54, 1.807) is 19.1 Å². The van der Waals surface area contributed by atoms with Gasteiger partial charge in [0.05, 0.1) is 19.3 Å². The number of benzene rings is 1. The predicted octanol–water partition coefficient (Wildman–Crippen LogP) is 6.71. The van der Waals surface area contributed by atoms with Gasteiger partial charge in [-0.05, 0) is 25.5 Å². The van der Waals surface area contributed by atoms with Gasteiger partial charge in [-0.15, -0.1) is 0 Å². The van der Waals surface area contributed by atoms with Gasteiger partial charge in [0.25, 0.3) is 0 Å². The van der Waals surface area contributed by atoms with E-state index in [2.05, 4.69) is 6.92 Å². The van der Waals surface area contributed by atoms with Crippen molar-refractivity contribution >= 4 is 36.5 Å². The van der Waals surface area contributed by atoms with E-state index < -0.39 is 25.7 Å². The largest absolute Gasteiger partial charge is 0.462 e. The van der Waals surface area contributed by atoms with E-state index >= 15 is 0 Å². The molecule has 2 unspecified atom stereocenters. The third-order valence-corrected chi connectivity index (χ3v) is 8.15. The van der Waals surface area contributed by atoms with Gasteiger partial charge in [-0.2, -0.15) is 0 Å². The zero-order valence-electron chi connectivity index (χ0n) is 20.7. The summed E-state index contributed by atoms with van der Waals surface area (Å²) in [7, 11) is -3.94. The third-order valence-electron chi connectivity index (χ3n) is 5.45. The quantitative estimate of drug-likeness (QED) is 0.142. The smallest absolute Gasteiger partial charge is 0.409 e. The molecule has 1 saturated heterocycles. The number of esters is 1. The lowest BCUT2D eigenvalue weighted by Crippen LogP contribution is -2.17. The average Bonchev–Trinajstić information content (AvgIpc) is 3.24. The molecule has 197 valence electrons. The van der Waals surface area contributed by atoms with E-state index in [1.807, 2.05) is 0 Å². The minimum absolute atomic E-state index is 0.0167. The second-order valence-electron chi connectivity index (χ2n) is 8.39. The van der Waals surface area contributed by atoms with Crippen LogP contribution in [0.5, 0.6) is 5.75 Å². The van der Waals surface area contributed by atoms with Crippen LogP contribution in [0.1, 0.15) is 88.4 Å². The zero-order valence-corrected chi connectivity index (χ0v) is 22.5. The molecule has 10 heteroatoms. The molecule has 0 saturated carbocycles. The van der Waals surface area contributed by atoms with Crippen molar-refractivity contribution in [1.29, 1.82) is 0 Å². The summed E-state index contributed by atoms with van der Waals surface area (Å²) in [6, 6.07) is 6.07. The molecular formula is C25H38O8PS. The Labute approximate surface area is 213 Å². The van der Waals surface area contributed by atoms with Gasteiger partial charge in [-0.25, -0.2) is 9.59 Å². The normalized spacial score (nSPS) is 19.5. The van der Waals surface area contributed by atoms with E-state index in [4.69, 9.17) is 18.5 Å². The highest BCUT2D eigenvalue weighted by atomic mass is 32.2. The molecule has 0 spiro atoms. The zero-order chi connectivity index (χ0) is 25.5. The number of rotatable bonds is 16. The molecule has 1 aliphatic heterocycles. The fourth-order valence-corrected chi connectivity index (χ4v) is 5.84. The number of carbonyl (C=O) groups excluding carboxylic acids is 3. The van der Waals surface area contributed by atoms with Crippen molar-refractivity contribution in [1.82, 2.24) is 0 Å². The molecule has 0 aliphatic carbocycles. The Morgan fingerprint density at radius 2 is 1.69 bits per heavy atom. The van der Waals surface area contributed by atoms with Crippen LogP contribution in [0.15, 0.2) is 24.3 Å². The van der Waals surface area contributed by atoms with Crippen molar-refractivity contribution in [3.8, 4) is 5.75 Å². The lowest BCUT2D eigenvalue weighted by molar-refractivity contribution is -0.111. The number of unbranched alkanes of at least 4 members (excludes halogenated alkanes) is 8. The number of ether oxygens (including phenoxy) is 2. The number of thioether (sulfide) groups is 1. The SMILES string of the molecule is CCCCCCCCCCCC(=O)SCC1CO[P](O)(C(=O)Oc2ccccc2C(=O)OCC)O1. The van der Waals surface area contributed by atoms with Crippen LogP contribution < -0.4 is 4.74 Å². The standard InChI is InChI=1S/C25H38O8PS/c1-3-5-6-7-8-9-10-11-12-17-23(26)35-19-20-18-31-34(29,33-20)25(28)32-22-16-14-13-15-21(22)24(27)30-4-2/h13-16,20,29H,3-12,17-19H2,1-2H3. The van der Waals surface area contributed by atoms with Crippen molar-refractivity contribution in [2.24, 2.45) is 0 Å². The Kier molecular flexibility index (Phi) is 13.8. The number of hydrogen-bond acceptors (Lipinski definition) is 9. The Bertz CT molecular complexity index is 820. The van der Waals surface area contributed by atoms with Gasteiger partial charge in [0.15, 0.2) is 5.12 Å². The average molecular weight is 530 g/mol. The first kappa shape index (κ1) is 29.7. The highest BCUT2D eigenvalue weighted by molar-refractivity contribution is 8.13. The highest BCUT2D eigenvalue weighted by Gasteiger charge is 2.48. The van der Waals surface area contributed by atoms with Crippen molar-refractivity contribution < 1.29 is 37.8 Å². The van der Waals surface area contributed by atoms with Crippen molar-refractivity contribution in [2.75, 3.05) is 19.0 Å². The maximum Gasteiger partial charge on any atom is 0.409 e. The van der Waals surface area contributed by atoms with Gasteiger partial charge in [-0.1, -0.05) is 82.2 Å². The van der Waals surface area contributed by atoms with Gasteiger partial charge in [-0.3, -0.25) is 4.79 Å². The minimum Gasteiger partial charge on any atom is -0.462 e. The first-order valence-electron chi connectivity index (χ1n) is 12.5. The van der Waals surface area contributed by atoms with Crippen LogP contribution >= 0.6 is 19.7 Å². The van der Waals surface area contributed by atoms with E-state index in [1.165, 1.54) is 50.7 Å². The first-order chi connectivity index (χ1) is 16.9. The summed E-state index contributed by atoms with van der Waals surface area (Å²) in [5, 5.41) is 0.0660. The third kappa shape index (κ3) is 10.6. The molecule has 0 bridgehead atoms. The van der Waals surface area contributed by atoms with Crippen LogP contribution in [0.3, 0.4) is 0 Å². The van der Waals surface area contributed by atoms with E-state index in [0.29, 0.717) is 6.42 Å². The van der Waals surface area contributed by atoms with Crippen molar-refractivity contribution in [3.63, 3.8) is 0 Å². The summed E-state index contributed by atoms with van der Waals surface area (Å²) in [5.41, 5.74) is -1.04. The van der Waals surface area contributed by atoms with E-state index in [-0.39, 0.29) is 35.4 Å². The van der Waals surface area contributed by atoms with Crippen LogP contribution in [-0.4, -0.2) is 46.8 Å². The van der Waals surface area contributed by atoms with E-state index in [9.17, 15) is 19.3 Å². The molecular weight excluding hydrogens is 491 g/mol. The van der Waals surface area contributed by atoms with Crippen LogP contribution in [0.2, 0.25) is 0 Å². The van der Waals surface area contributed by atoms with Crippen LogP contribution in [0, 0.1) is 0 Å². The Morgan fingerprint density at radius 1 is 1.03 bits per heavy atom. The molecule has 2 atom stereocenters. The molecule has 0 amide bonds. The maximum atomic E-state index is 12.6. The molecule has 35 heavy (non-hydrogen) atoms. The molecule has 1 aliphatic rings. The molecule has 1 radical (unpaired) electrons. The Balaban J connectivity index is 1.68. The van der Waals surface area contributed by atoms with Gasteiger partial charge >= 0.3 is 19.6 Å². The fourth-order valence-electron chi connectivity index (χ4n) is 3.54. The summed E-state index contributed by atoms with van der Waals surface area (Å²) in [6.07, 6.45) is 10.6. The lowest BCUT2D eigenvalue weighted by atomic mass is 10.1. The summed E-state index contributed by atoms with van der Waals surface area (Å²) >= 11 is 1.13. The van der Waals surface area contributed by atoms with Gasteiger partial charge in [0.1, 0.15) is 11.3 Å². The Morgan fingerprint density at radius 3 is 2.37 bits per heavy atom. The summed E-state index contributed by atoms with van der Waals surface area (Å²) in [6.45, 7) is 4.03. The van der Waals surface area contributed by atoms with Gasteiger partial charge in [0.2, 0.25) is 0 Å². The van der Waals surface area contributed by atoms with Crippen LogP contribution in [-0.2, 0) is 18.6 Å². The topological polar surface area (TPSA) is 108 Å². The molecule has 1 fully saturated rings. The molecule has 1 aromatic carbocycles. The molecule has 2 rings (SSSR count). The molecule has 0 aromatic heterocycles. The predicted molar refractivity (Wildman–Crippen MR) is 138 cm³/mol. The summed E-state index contributed by atoms with van der Waals surface area (Å²) in [5.74, 6) is -0.412. The van der Waals surface area contributed by atoms with E-state index in [0.717, 1.165) is 31.0 Å². The molecule has 1 heterocycles. The van der Waals surface area contributed by atoms with Gasteiger partial charge in [0, 0.05) is 12.2 Å². The minimum atomic E-state index is -3.94. The summed E-state index contributed by atoms with van der Waals surface area (Å²) < 4.78 is 20.9. The monoisotopic (exact) mass is 529 g/mol. The van der Waals surface area contributed by atoms with Crippen molar-refractivity contribution in [2.45, 2.75) is 84.2 Å². The molecule has 8 nitrogen and oxygen atoms in total. The lowest BCUT2D eigenvalue weighted by Gasteiger charge is -2.20. The number of carbonyl (C=O) groups is 3. The van der Waals surface area contributed by atoms with Crippen LogP contribution in [0.25, 0.3) is 0 Å². The van der Waals surface area contributed by atoms with Crippen molar-refractivity contribution in [3.05, 3.63) is 29.8 Å². The second-order valence-corrected chi connectivity index (χ2v) is 11.3. The number of para-hydroxylation sites is 1. The van der Waals surface area contributed by atoms with Crippen LogP contribution in [0.4, 0.5) is 4.79 Å². The maximum absolute atomic E-state index is 12.6. The second kappa shape index (κ2) is 16.3. The highest BCUT2D eigenvalue weighted by Crippen LogP contribution is 2.63. The first-order valence-corrected chi connectivity index (χ1v) is 15.0. The van der Waals surface area contributed by atoms with Gasteiger partial charge < -0.3 is 23.4 Å². The summed E-state index contributed by atoms with van der Waals surface area (Å²) in [4.78, 5) is 47.4.